The molecule has 0 saturated heterocycles. The summed E-state index contributed by atoms with van der Waals surface area (Å²) in [6, 6.07) is 3.66. The van der Waals surface area contributed by atoms with Gasteiger partial charge in [-0.25, -0.2) is 8.42 Å². The molecule has 1 aliphatic carbocycles. The Morgan fingerprint density at radius 3 is 2.55 bits per heavy atom. The third kappa shape index (κ3) is 9.60. The molecular weight excluding hydrogens is 431 g/mol. The van der Waals surface area contributed by atoms with E-state index in [1.165, 1.54) is 19.1 Å². The third-order valence-corrected chi connectivity index (χ3v) is 7.16. The van der Waals surface area contributed by atoms with Gasteiger partial charge in [-0.2, -0.15) is 13.2 Å². The Bertz CT molecular complexity index is 836. The number of rotatable bonds is 14. The summed E-state index contributed by atoms with van der Waals surface area (Å²) < 4.78 is 70.2. The Labute approximate surface area is 182 Å². The fourth-order valence-corrected chi connectivity index (χ4v) is 5.03. The van der Waals surface area contributed by atoms with Gasteiger partial charge in [0.25, 0.3) is 0 Å². The smallest absolute Gasteiger partial charge is 0.419 e. The van der Waals surface area contributed by atoms with Crippen molar-refractivity contribution < 1.29 is 31.1 Å². The predicted molar refractivity (Wildman–Crippen MR) is 114 cm³/mol. The number of ether oxygens (including phenoxy) is 1. The molecule has 0 aliphatic heterocycles. The fraction of sp³-hybridized carbons (Fsp3) is 0.682. The highest BCUT2D eigenvalue weighted by Crippen LogP contribution is 2.39. The maximum absolute atomic E-state index is 13.3. The predicted octanol–water partition coefficient (Wildman–Crippen LogP) is 4.36. The number of hydrogen-bond donors (Lipinski definition) is 1. The number of carbonyl (C=O) groups excluding carboxylic acids is 1. The Kier molecular flexibility index (Phi) is 9.36. The first kappa shape index (κ1) is 25.6. The van der Waals surface area contributed by atoms with Crippen LogP contribution in [0.15, 0.2) is 18.2 Å². The molecule has 0 amide bonds. The molecule has 1 aliphatic rings. The Morgan fingerprint density at radius 1 is 1.23 bits per heavy atom. The van der Waals surface area contributed by atoms with E-state index >= 15 is 0 Å². The van der Waals surface area contributed by atoms with Crippen molar-refractivity contribution in [2.24, 2.45) is 5.92 Å². The van der Waals surface area contributed by atoms with Gasteiger partial charge in [0.15, 0.2) is 9.84 Å². The number of ketones is 1. The molecule has 31 heavy (non-hydrogen) atoms. The van der Waals surface area contributed by atoms with Crippen molar-refractivity contribution in [3.05, 3.63) is 29.3 Å². The van der Waals surface area contributed by atoms with Gasteiger partial charge in [-0.05, 0) is 68.7 Å². The van der Waals surface area contributed by atoms with Gasteiger partial charge < -0.3 is 10.1 Å². The van der Waals surface area contributed by atoms with Gasteiger partial charge in [-0.3, -0.25) is 4.79 Å². The highest BCUT2D eigenvalue weighted by molar-refractivity contribution is 7.91. The van der Waals surface area contributed by atoms with Gasteiger partial charge in [0, 0.05) is 0 Å². The minimum atomic E-state index is -4.52. The van der Waals surface area contributed by atoms with Gasteiger partial charge in [-0.1, -0.05) is 19.4 Å². The van der Waals surface area contributed by atoms with Crippen LogP contribution in [-0.2, 0) is 20.8 Å². The van der Waals surface area contributed by atoms with Crippen LogP contribution in [0.5, 0.6) is 5.75 Å². The van der Waals surface area contributed by atoms with Crippen LogP contribution < -0.4 is 10.1 Å². The standard InChI is InChI=1S/C22H32F3NO4S/c1-16(15-31(28,29)11-5-3-4-10-26-13-17(2)27)19-8-9-20(22(23,24)25)21(12-19)30-14-18-6-7-18/h8-9,12,16,18,26H,3-7,10-11,13-15H2,1-2H3/t16-/m1/s1. The number of benzene rings is 1. The second-order valence-corrected chi connectivity index (χ2v) is 10.7. The zero-order chi connectivity index (χ0) is 23.1. The van der Waals surface area contributed by atoms with Crippen LogP contribution in [0.25, 0.3) is 0 Å². The Morgan fingerprint density at radius 2 is 1.94 bits per heavy atom. The lowest BCUT2D eigenvalue weighted by Crippen LogP contribution is -2.22. The molecule has 0 heterocycles. The fourth-order valence-electron chi connectivity index (χ4n) is 3.26. The van der Waals surface area contributed by atoms with E-state index in [0.717, 1.165) is 31.7 Å². The first-order valence-electron chi connectivity index (χ1n) is 10.7. The molecular formula is C22H32F3NO4S. The van der Waals surface area contributed by atoms with Gasteiger partial charge in [0.05, 0.1) is 30.2 Å². The first-order valence-corrected chi connectivity index (χ1v) is 12.5. The molecule has 1 aromatic carbocycles. The van der Waals surface area contributed by atoms with E-state index in [1.54, 1.807) is 6.92 Å². The molecule has 1 fully saturated rings. The van der Waals surface area contributed by atoms with Gasteiger partial charge >= 0.3 is 6.18 Å². The van der Waals surface area contributed by atoms with Crippen molar-refractivity contribution in [3.8, 4) is 5.75 Å². The normalized spacial score (nSPS) is 15.6. The summed E-state index contributed by atoms with van der Waals surface area (Å²) in [6.07, 6.45) is -0.590. The van der Waals surface area contributed by atoms with Gasteiger partial charge in [0.1, 0.15) is 11.5 Å². The summed E-state index contributed by atoms with van der Waals surface area (Å²) in [4.78, 5) is 10.8. The Hall–Kier alpha value is -1.61. The number of carbonyl (C=O) groups is 1. The summed E-state index contributed by atoms with van der Waals surface area (Å²) in [5.74, 6) is -0.383. The van der Waals surface area contributed by atoms with Gasteiger partial charge in [0.2, 0.25) is 0 Å². The number of halogens is 3. The summed E-state index contributed by atoms with van der Waals surface area (Å²) in [6.45, 7) is 4.43. The molecule has 176 valence electrons. The van der Waals surface area contributed by atoms with Gasteiger partial charge in [-0.15, -0.1) is 0 Å². The molecule has 5 nitrogen and oxygen atoms in total. The highest BCUT2D eigenvalue weighted by atomic mass is 32.2. The van der Waals surface area contributed by atoms with Crippen molar-refractivity contribution in [1.29, 1.82) is 0 Å². The molecule has 1 atom stereocenters. The number of nitrogens with one attached hydrogen (secondary N) is 1. The SMILES string of the molecule is CC(=O)CNCCCCCS(=O)(=O)C[C@@H](C)c1ccc(C(F)(F)F)c(OCC2CC2)c1. The molecule has 0 bridgehead atoms. The quantitative estimate of drug-likeness (QED) is 0.415. The minimum absolute atomic E-state index is 0.0374. The van der Waals surface area contributed by atoms with E-state index < -0.39 is 27.5 Å². The lowest BCUT2D eigenvalue weighted by molar-refractivity contribution is -0.139. The lowest BCUT2D eigenvalue weighted by atomic mass is 10.0. The summed E-state index contributed by atoms with van der Waals surface area (Å²) in [5.41, 5.74) is -0.304. The molecule has 1 saturated carbocycles. The summed E-state index contributed by atoms with van der Waals surface area (Å²) in [5, 5.41) is 2.99. The van der Waals surface area contributed by atoms with E-state index in [0.29, 0.717) is 31.0 Å². The molecule has 0 aromatic heterocycles. The van der Waals surface area contributed by atoms with Crippen LogP contribution in [0.2, 0.25) is 0 Å². The number of alkyl halides is 3. The highest BCUT2D eigenvalue weighted by Gasteiger charge is 2.35. The minimum Gasteiger partial charge on any atom is -0.493 e. The van der Waals surface area contributed by atoms with Crippen molar-refractivity contribution >= 4 is 15.6 Å². The zero-order valence-electron chi connectivity index (χ0n) is 18.1. The second-order valence-electron chi connectivity index (χ2n) is 8.46. The van der Waals surface area contributed by atoms with Crippen LogP contribution >= 0.6 is 0 Å². The molecule has 1 aromatic rings. The van der Waals surface area contributed by atoms with Crippen LogP contribution in [0.4, 0.5) is 13.2 Å². The average Bonchev–Trinajstić information content (AvgIpc) is 3.48. The monoisotopic (exact) mass is 463 g/mol. The summed E-state index contributed by atoms with van der Waals surface area (Å²) in [7, 11) is -3.34. The largest absolute Gasteiger partial charge is 0.493 e. The van der Waals surface area contributed by atoms with E-state index in [1.807, 2.05) is 0 Å². The number of hydrogen-bond acceptors (Lipinski definition) is 5. The van der Waals surface area contributed by atoms with Crippen molar-refractivity contribution in [1.82, 2.24) is 5.32 Å². The first-order chi connectivity index (χ1) is 14.5. The van der Waals surface area contributed by atoms with Crippen LogP contribution in [0, 0.1) is 5.92 Å². The molecule has 0 radical (unpaired) electrons. The summed E-state index contributed by atoms with van der Waals surface area (Å²) >= 11 is 0. The molecule has 0 spiro atoms. The van der Waals surface area contributed by atoms with E-state index in [9.17, 15) is 26.4 Å². The van der Waals surface area contributed by atoms with E-state index in [2.05, 4.69) is 5.32 Å². The van der Waals surface area contributed by atoms with E-state index in [-0.39, 0.29) is 29.6 Å². The molecule has 1 N–H and O–H groups in total. The average molecular weight is 464 g/mol. The third-order valence-electron chi connectivity index (χ3n) is 5.24. The number of sulfone groups is 1. The molecule has 0 unspecified atom stereocenters. The van der Waals surface area contributed by atoms with Crippen molar-refractivity contribution in [2.45, 2.75) is 58.0 Å². The number of Topliss-reactive ketones (excluding diaryl/α,β-unsaturated/α-hetero) is 1. The number of unbranched alkanes of at least 4 members (excludes halogenated alkanes) is 2. The van der Waals surface area contributed by atoms with Crippen molar-refractivity contribution in [3.63, 3.8) is 0 Å². The maximum Gasteiger partial charge on any atom is 0.419 e. The van der Waals surface area contributed by atoms with Crippen molar-refractivity contribution in [2.75, 3.05) is 31.2 Å². The zero-order valence-corrected chi connectivity index (χ0v) is 18.9. The lowest BCUT2D eigenvalue weighted by Gasteiger charge is -2.18. The molecule has 2 rings (SSSR count). The topological polar surface area (TPSA) is 72.5 Å². The van der Waals surface area contributed by atoms with E-state index in [4.69, 9.17) is 4.74 Å². The maximum atomic E-state index is 13.3. The van der Waals surface area contributed by atoms with Crippen LogP contribution in [-0.4, -0.2) is 45.4 Å². The molecule has 9 heteroatoms. The second kappa shape index (κ2) is 11.3. The van der Waals surface area contributed by atoms with Crippen LogP contribution in [0.3, 0.4) is 0 Å². The Balaban J connectivity index is 1.89. The van der Waals surface area contributed by atoms with Crippen LogP contribution in [0.1, 0.15) is 63.0 Å².